The van der Waals surface area contributed by atoms with Gasteiger partial charge in [0.05, 0.1) is 12.7 Å². The number of alkyl halides is 1. The summed E-state index contributed by atoms with van der Waals surface area (Å²) in [6, 6.07) is 0. The Kier molecular flexibility index (Phi) is 4.62. The van der Waals surface area contributed by atoms with Gasteiger partial charge in [0.2, 0.25) is 0 Å². The Balaban J connectivity index is 3.06. The van der Waals surface area contributed by atoms with Crippen LogP contribution in [0.1, 0.15) is 13.8 Å². The molecule has 0 bridgehead atoms. The van der Waals surface area contributed by atoms with E-state index < -0.39 is 6.17 Å². The molecule has 2 nitrogen and oxygen atoms in total. The lowest BCUT2D eigenvalue weighted by Crippen LogP contribution is -2.22. The van der Waals surface area contributed by atoms with E-state index in [1.807, 2.05) is 13.8 Å². The van der Waals surface area contributed by atoms with Crippen LogP contribution in [0, 0.1) is 0 Å². The Hall–Kier alpha value is -0.150. The molecular weight excluding hydrogens is 121 g/mol. The van der Waals surface area contributed by atoms with Gasteiger partial charge >= 0.3 is 0 Å². The Labute approximate surface area is 55.2 Å². The van der Waals surface area contributed by atoms with E-state index in [9.17, 15) is 4.39 Å². The molecule has 1 unspecified atom stereocenters. The molecule has 0 saturated carbocycles. The van der Waals surface area contributed by atoms with Crippen LogP contribution in [-0.2, 0) is 4.74 Å². The van der Waals surface area contributed by atoms with Gasteiger partial charge in [0.15, 0.2) is 0 Å². The second-order valence-electron chi connectivity index (χ2n) is 2.22. The first-order valence-electron chi connectivity index (χ1n) is 3.12. The Morgan fingerprint density at radius 2 is 2.11 bits per heavy atom. The van der Waals surface area contributed by atoms with Gasteiger partial charge in [0, 0.05) is 6.54 Å². The maximum Gasteiger partial charge on any atom is 0.135 e. The molecule has 0 aliphatic rings. The third-order valence-electron chi connectivity index (χ3n) is 0.866. The first kappa shape index (κ1) is 8.85. The lowest BCUT2D eigenvalue weighted by atomic mass is 10.4. The van der Waals surface area contributed by atoms with Crippen LogP contribution in [-0.4, -0.2) is 25.4 Å². The van der Waals surface area contributed by atoms with Crippen molar-refractivity contribution in [2.24, 2.45) is 5.73 Å². The van der Waals surface area contributed by atoms with E-state index in [1.54, 1.807) is 0 Å². The van der Waals surface area contributed by atoms with Gasteiger partial charge in [0.25, 0.3) is 0 Å². The van der Waals surface area contributed by atoms with Crippen molar-refractivity contribution in [2.75, 3.05) is 13.2 Å². The van der Waals surface area contributed by atoms with E-state index in [4.69, 9.17) is 10.5 Å². The van der Waals surface area contributed by atoms with Crippen LogP contribution >= 0.6 is 0 Å². The molecule has 0 aromatic rings. The zero-order valence-corrected chi connectivity index (χ0v) is 5.93. The van der Waals surface area contributed by atoms with Gasteiger partial charge in [-0.15, -0.1) is 0 Å². The van der Waals surface area contributed by atoms with Gasteiger partial charge < -0.3 is 10.5 Å². The van der Waals surface area contributed by atoms with Gasteiger partial charge in [-0.2, -0.15) is 0 Å². The van der Waals surface area contributed by atoms with E-state index in [2.05, 4.69) is 0 Å². The minimum absolute atomic E-state index is 0.0483. The molecule has 0 amide bonds. The van der Waals surface area contributed by atoms with Gasteiger partial charge in [-0.3, -0.25) is 0 Å². The highest BCUT2D eigenvalue weighted by Gasteiger charge is 2.03. The number of halogens is 1. The molecule has 0 fully saturated rings. The SMILES string of the molecule is CC(C)OCC(F)CN. The molecule has 0 spiro atoms. The highest BCUT2D eigenvalue weighted by molar-refractivity contribution is 4.53. The summed E-state index contributed by atoms with van der Waals surface area (Å²) in [6.07, 6.45) is -0.915. The number of hydrogen-bond acceptors (Lipinski definition) is 2. The summed E-state index contributed by atoms with van der Waals surface area (Å²) in [5.74, 6) is 0. The molecule has 9 heavy (non-hydrogen) atoms. The molecule has 56 valence electrons. The average Bonchev–Trinajstić information content (AvgIpc) is 1.83. The fraction of sp³-hybridized carbons (Fsp3) is 1.00. The maximum atomic E-state index is 12.2. The van der Waals surface area contributed by atoms with Crippen molar-refractivity contribution in [3.05, 3.63) is 0 Å². The first-order valence-corrected chi connectivity index (χ1v) is 3.12. The van der Waals surface area contributed by atoms with Crippen molar-refractivity contribution in [2.45, 2.75) is 26.1 Å². The highest BCUT2D eigenvalue weighted by atomic mass is 19.1. The van der Waals surface area contributed by atoms with Gasteiger partial charge in [-0.1, -0.05) is 0 Å². The molecule has 0 saturated heterocycles. The standard InChI is InChI=1S/C6H14FNO/c1-5(2)9-4-6(7)3-8/h5-6H,3-4,8H2,1-2H3. The average molecular weight is 135 g/mol. The van der Waals surface area contributed by atoms with Crippen LogP contribution in [0.4, 0.5) is 4.39 Å². The maximum absolute atomic E-state index is 12.2. The minimum Gasteiger partial charge on any atom is -0.376 e. The molecule has 0 aromatic heterocycles. The van der Waals surface area contributed by atoms with Gasteiger partial charge in [-0.25, -0.2) is 4.39 Å². The summed E-state index contributed by atoms with van der Waals surface area (Å²) >= 11 is 0. The van der Waals surface area contributed by atoms with E-state index >= 15 is 0 Å². The highest BCUT2D eigenvalue weighted by Crippen LogP contribution is 1.93. The Bertz CT molecular complexity index is 68.1. The van der Waals surface area contributed by atoms with Crippen LogP contribution in [0.15, 0.2) is 0 Å². The lowest BCUT2D eigenvalue weighted by molar-refractivity contribution is 0.0409. The second-order valence-corrected chi connectivity index (χ2v) is 2.22. The van der Waals surface area contributed by atoms with E-state index in [1.165, 1.54) is 0 Å². The fourth-order valence-corrected chi connectivity index (χ4v) is 0.365. The zero-order valence-electron chi connectivity index (χ0n) is 5.93. The van der Waals surface area contributed by atoms with Crippen molar-refractivity contribution in [3.8, 4) is 0 Å². The summed E-state index contributed by atoms with van der Waals surface area (Å²) in [5.41, 5.74) is 5.00. The molecule has 0 radical (unpaired) electrons. The van der Waals surface area contributed by atoms with Crippen molar-refractivity contribution in [1.82, 2.24) is 0 Å². The van der Waals surface area contributed by atoms with E-state index in [0.717, 1.165) is 0 Å². The summed E-state index contributed by atoms with van der Waals surface area (Å²) in [4.78, 5) is 0. The predicted octanol–water partition coefficient (Wildman–Crippen LogP) is 0.708. The molecule has 2 N–H and O–H groups in total. The monoisotopic (exact) mass is 135 g/mol. The Morgan fingerprint density at radius 3 is 2.44 bits per heavy atom. The number of hydrogen-bond donors (Lipinski definition) is 1. The smallest absolute Gasteiger partial charge is 0.135 e. The van der Waals surface area contributed by atoms with Crippen LogP contribution in [0.3, 0.4) is 0 Å². The third kappa shape index (κ3) is 5.73. The van der Waals surface area contributed by atoms with Crippen LogP contribution in [0.2, 0.25) is 0 Å². The summed E-state index contributed by atoms with van der Waals surface area (Å²) in [7, 11) is 0. The summed E-state index contributed by atoms with van der Waals surface area (Å²) in [6.45, 7) is 3.90. The number of ether oxygens (including phenoxy) is 1. The molecule has 0 aliphatic carbocycles. The molecule has 3 heteroatoms. The normalized spacial score (nSPS) is 14.3. The largest absolute Gasteiger partial charge is 0.376 e. The van der Waals surface area contributed by atoms with Crippen LogP contribution in [0.5, 0.6) is 0 Å². The zero-order chi connectivity index (χ0) is 7.28. The quantitative estimate of drug-likeness (QED) is 0.616. The van der Waals surface area contributed by atoms with E-state index in [0.29, 0.717) is 0 Å². The molecule has 0 rings (SSSR count). The van der Waals surface area contributed by atoms with Crippen molar-refractivity contribution in [3.63, 3.8) is 0 Å². The minimum atomic E-state index is -1.01. The lowest BCUT2D eigenvalue weighted by Gasteiger charge is -2.08. The van der Waals surface area contributed by atoms with Crippen LogP contribution < -0.4 is 5.73 Å². The topological polar surface area (TPSA) is 35.2 Å². The second kappa shape index (κ2) is 4.70. The van der Waals surface area contributed by atoms with Gasteiger partial charge in [-0.05, 0) is 13.8 Å². The molecule has 1 atom stereocenters. The first-order chi connectivity index (χ1) is 4.16. The Morgan fingerprint density at radius 1 is 1.56 bits per heavy atom. The molecule has 0 aromatic carbocycles. The molecule has 0 aliphatic heterocycles. The molecular formula is C6H14FNO. The summed E-state index contributed by atoms with van der Waals surface area (Å²) < 4.78 is 17.2. The fourth-order valence-electron chi connectivity index (χ4n) is 0.365. The number of nitrogens with two attached hydrogens (primary N) is 1. The molecule has 0 heterocycles. The predicted molar refractivity (Wildman–Crippen MR) is 35.0 cm³/mol. The van der Waals surface area contributed by atoms with Crippen molar-refractivity contribution in [1.29, 1.82) is 0 Å². The van der Waals surface area contributed by atoms with Crippen LogP contribution in [0.25, 0.3) is 0 Å². The van der Waals surface area contributed by atoms with Crippen molar-refractivity contribution >= 4 is 0 Å². The summed E-state index contributed by atoms with van der Waals surface area (Å²) in [5, 5.41) is 0. The van der Waals surface area contributed by atoms with Gasteiger partial charge in [0.1, 0.15) is 6.17 Å². The third-order valence-corrected chi connectivity index (χ3v) is 0.866. The van der Waals surface area contributed by atoms with E-state index in [-0.39, 0.29) is 19.3 Å². The van der Waals surface area contributed by atoms with Crippen molar-refractivity contribution < 1.29 is 9.13 Å². The number of rotatable bonds is 4.